The molecule has 1 aromatic rings. The third-order valence-electron chi connectivity index (χ3n) is 8.72. The largest absolute Gasteiger partial charge is 0.504 e. The molecule has 1 amide bonds. The van der Waals surface area contributed by atoms with Crippen molar-refractivity contribution in [3.8, 4) is 11.5 Å². The third kappa shape index (κ3) is 1.99. The summed E-state index contributed by atoms with van der Waals surface area (Å²) < 4.78 is 6.53. The Labute approximate surface area is 166 Å². The Kier molecular flexibility index (Phi) is 3.33. The minimum Gasteiger partial charge on any atom is -0.504 e. The van der Waals surface area contributed by atoms with Crippen molar-refractivity contribution in [3.63, 3.8) is 0 Å². The molecule has 1 spiro atoms. The molecule has 1 saturated heterocycles. The monoisotopic (exact) mass is 382 g/mol. The van der Waals surface area contributed by atoms with Crippen molar-refractivity contribution >= 4 is 5.91 Å². The first kappa shape index (κ1) is 17.1. The first-order valence-corrected chi connectivity index (χ1v) is 11.0. The summed E-state index contributed by atoms with van der Waals surface area (Å²) in [7, 11) is 0. The van der Waals surface area contributed by atoms with Crippen LogP contribution in [0, 0.1) is 11.3 Å². The van der Waals surface area contributed by atoms with E-state index in [1.807, 2.05) is 0 Å². The van der Waals surface area contributed by atoms with Gasteiger partial charge in [-0.05, 0) is 68.0 Å². The number of phenols is 1. The summed E-state index contributed by atoms with van der Waals surface area (Å²) in [6, 6.07) is 4.46. The summed E-state index contributed by atoms with van der Waals surface area (Å²) >= 11 is 0. The van der Waals surface area contributed by atoms with E-state index in [9.17, 15) is 9.90 Å². The van der Waals surface area contributed by atoms with Gasteiger partial charge in [-0.25, -0.2) is 0 Å². The van der Waals surface area contributed by atoms with Gasteiger partial charge in [-0.3, -0.25) is 9.69 Å². The normalized spacial score (nSPS) is 40.6. The highest BCUT2D eigenvalue weighted by molar-refractivity contribution is 5.73. The van der Waals surface area contributed by atoms with Crippen molar-refractivity contribution < 1.29 is 14.6 Å². The van der Waals surface area contributed by atoms with Gasteiger partial charge < -0.3 is 15.2 Å². The van der Waals surface area contributed by atoms with E-state index in [0.29, 0.717) is 11.8 Å². The number of carbonyl (C=O) groups is 1. The summed E-state index contributed by atoms with van der Waals surface area (Å²) in [4.78, 5) is 14.7. The highest BCUT2D eigenvalue weighted by Gasteiger charge is 2.71. The summed E-state index contributed by atoms with van der Waals surface area (Å²) in [6.45, 7) is 6.40. The van der Waals surface area contributed by atoms with E-state index in [1.54, 1.807) is 13.0 Å². The Hall–Kier alpha value is -1.75. The van der Waals surface area contributed by atoms with E-state index in [4.69, 9.17) is 4.74 Å². The van der Waals surface area contributed by atoms with Gasteiger partial charge in [0.1, 0.15) is 6.10 Å². The van der Waals surface area contributed by atoms with Gasteiger partial charge in [0.2, 0.25) is 5.91 Å². The lowest BCUT2D eigenvalue weighted by Gasteiger charge is -2.65. The van der Waals surface area contributed by atoms with Crippen LogP contribution in [0.5, 0.6) is 11.5 Å². The molecule has 3 aliphatic carbocycles. The van der Waals surface area contributed by atoms with E-state index in [0.717, 1.165) is 38.1 Å². The van der Waals surface area contributed by atoms with E-state index in [2.05, 4.69) is 23.2 Å². The fourth-order valence-corrected chi connectivity index (χ4v) is 7.34. The first-order chi connectivity index (χ1) is 13.4. The van der Waals surface area contributed by atoms with Crippen LogP contribution in [0.4, 0.5) is 0 Å². The number of hydrogen-bond donors (Lipinski definition) is 2. The quantitative estimate of drug-likeness (QED) is 0.844. The van der Waals surface area contributed by atoms with Crippen LogP contribution < -0.4 is 10.1 Å². The zero-order valence-corrected chi connectivity index (χ0v) is 16.8. The molecule has 2 aliphatic heterocycles. The van der Waals surface area contributed by atoms with E-state index < -0.39 is 0 Å². The molecule has 5 nitrogen and oxygen atoms in total. The van der Waals surface area contributed by atoms with Crippen molar-refractivity contribution in [2.45, 2.75) is 76.0 Å². The van der Waals surface area contributed by atoms with Crippen LogP contribution in [-0.4, -0.2) is 47.2 Å². The summed E-state index contributed by atoms with van der Waals surface area (Å²) in [5.41, 5.74) is 2.62. The molecule has 5 heteroatoms. The maximum Gasteiger partial charge on any atom is 0.217 e. The van der Waals surface area contributed by atoms with E-state index in [-0.39, 0.29) is 34.6 Å². The average molecular weight is 383 g/mol. The molecule has 1 aromatic carbocycles. The van der Waals surface area contributed by atoms with Crippen molar-refractivity contribution in [1.29, 1.82) is 0 Å². The number of phenolic OH excluding ortho intramolecular Hbond substituents is 1. The number of ether oxygens (including phenoxy) is 1. The number of benzene rings is 1. The Morgan fingerprint density at radius 2 is 2.14 bits per heavy atom. The van der Waals surface area contributed by atoms with Crippen LogP contribution in [0.2, 0.25) is 0 Å². The number of nitrogens with zero attached hydrogens (tertiary/aromatic N) is 1. The lowest BCUT2D eigenvalue weighted by molar-refractivity contribution is -0.134. The van der Waals surface area contributed by atoms with Crippen LogP contribution in [0.15, 0.2) is 12.1 Å². The minimum absolute atomic E-state index is 0.00698. The molecular weight excluding hydrogens is 352 g/mol. The second-order valence-electron chi connectivity index (χ2n) is 10.1. The van der Waals surface area contributed by atoms with Gasteiger partial charge >= 0.3 is 0 Å². The number of carbonyl (C=O) groups excluding carboxylic acids is 1. The van der Waals surface area contributed by atoms with Crippen LogP contribution in [-0.2, 0) is 16.6 Å². The number of nitrogens with one attached hydrogen (secondary N) is 1. The zero-order valence-electron chi connectivity index (χ0n) is 16.8. The van der Waals surface area contributed by atoms with Crippen molar-refractivity contribution in [2.24, 2.45) is 11.3 Å². The summed E-state index contributed by atoms with van der Waals surface area (Å²) in [5, 5.41) is 13.8. The summed E-state index contributed by atoms with van der Waals surface area (Å²) in [6.07, 6.45) is 6.83. The SMILES string of the molecule is CC(=O)N[C@H]1CC[C@@]2(C)[C@H]3Cc4ccc(O)c5c4[C@@]2(CCN3CC2CC2)[C@H]1O5. The van der Waals surface area contributed by atoms with Gasteiger partial charge in [0.05, 0.1) is 6.04 Å². The lowest BCUT2D eigenvalue weighted by Crippen LogP contribution is -2.73. The maximum absolute atomic E-state index is 11.9. The van der Waals surface area contributed by atoms with Crippen molar-refractivity contribution in [3.05, 3.63) is 23.3 Å². The number of piperidine rings is 1. The van der Waals surface area contributed by atoms with Gasteiger partial charge in [0.25, 0.3) is 0 Å². The number of aromatic hydroxyl groups is 1. The van der Waals surface area contributed by atoms with Crippen LogP contribution >= 0.6 is 0 Å². The molecule has 3 fully saturated rings. The molecule has 150 valence electrons. The molecule has 2 heterocycles. The minimum atomic E-state index is -0.106. The molecule has 5 atom stereocenters. The molecular formula is C23H30N2O3. The molecule has 28 heavy (non-hydrogen) atoms. The Bertz CT molecular complexity index is 866. The lowest BCUT2D eigenvalue weighted by atomic mass is 9.43. The molecule has 2 saturated carbocycles. The fraction of sp³-hybridized carbons (Fsp3) is 0.696. The Morgan fingerprint density at radius 1 is 1.32 bits per heavy atom. The molecule has 5 aliphatic rings. The highest BCUT2D eigenvalue weighted by Crippen LogP contribution is 2.69. The molecule has 0 unspecified atom stereocenters. The predicted octanol–water partition coefficient (Wildman–Crippen LogP) is 2.74. The van der Waals surface area contributed by atoms with Gasteiger partial charge in [-0.15, -0.1) is 0 Å². The van der Waals surface area contributed by atoms with Gasteiger partial charge in [0, 0.05) is 30.5 Å². The second kappa shape index (κ2) is 5.44. The molecule has 0 aromatic heterocycles. The van der Waals surface area contributed by atoms with Crippen LogP contribution in [0.3, 0.4) is 0 Å². The smallest absolute Gasteiger partial charge is 0.217 e. The molecule has 2 N–H and O–H groups in total. The molecule has 0 radical (unpaired) electrons. The number of rotatable bonds is 3. The van der Waals surface area contributed by atoms with Crippen molar-refractivity contribution in [1.82, 2.24) is 10.2 Å². The van der Waals surface area contributed by atoms with Crippen LogP contribution in [0.1, 0.15) is 57.1 Å². The number of amides is 1. The molecule has 6 rings (SSSR count). The maximum atomic E-state index is 11.9. The van der Waals surface area contributed by atoms with Gasteiger partial charge in [-0.2, -0.15) is 0 Å². The topological polar surface area (TPSA) is 61.8 Å². The van der Waals surface area contributed by atoms with Crippen molar-refractivity contribution in [2.75, 3.05) is 13.1 Å². The standard InChI is InChI=1S/C23H30N2O3/c1-13(26)24-16-7-8-22(2)18-11-15-5-6-17(27)20-19(15)23(22,21(16)28-20)9-10-25(18)12-14-3-4-14/h5-6,14,16,18,21,27H,3-4,7-12H2,1-2H3,(H,24,26)/t16-,18+,21-,22-,23-/m0/s1. The highest BCUT2D eigenvalue weighted by atomic mass is 16.5. The zero-order chi connectivity index (χ0) is 19.3. The van der Waals surface area contributed by atoms with Gasteiger partial charge in [0.15, 0.2) is 11.5 Å². The predicted molar refractivity (Wildman–Crippen MR) is 106 cm³/mol. The molecule has 2 bridgehead atoms. The Balaban J connectivity index is 1.52. The van der Waals surface area contributed by atoms with E-state index in [1.165, 1.54) is 30.5 Å². The number of hydrogen-bond acceptors (Lipinski definition) is 4. The number of likely N-dealkylation sites (tertiary alicyclic amines) is 1. The average Bonchev–Trinajstić information content (AvgIpc) is 3.38. The van der Waals surface area contributed by atoms with Crippen LogP contribution in [0.25, 0.3) is 0 Å². The third-order valence-corrected chi connectivity index (χ3v) is 8.72. The summed E-state index contributed by atoms with van der Waals surface area (Å²) in [5.74, 6) is 1.85. The van der Waals surface area contributed by atoms with Gasteiger partial charge in [-0.1, -0.05) is 13.0 Å². The second-order valence-corrected chi connectivity index (χ2v) is 10.1. The fourth-order valence-electron chi connectivity index (χ4n) is 7.34. The van der Waals surface area contributed by atoms with E-state index >= 15 is 0 Å². The Morgan fingerprint density at radius 3 is 2.89 bits per heavy atom. The first-order valence-electron chi connectivity index (χ1n) is 11.0.